The van der Waals surface area contributed by atoms with Gasteiger partial charge in [0.15, 0.2) is 0 Å². The summed E-state index contributed by atoms with van der Waals surface area (Å²) in [6.45, 7) is 3.18. The van der Waals surface area contributed by atoms with E-state index in [2.05, 4.69) is 72.5 Å². The van der Waals surface area contributed by atoms with E-state index in [1.54, 1.807) is 0 Å². The Bertz CT molecular complexity index is 711. The SMILES string of the molecule is CC[C@H]1CCN2C(=O)C[C@H](c3ccccc3)C[C@]12c1ccccc1. The Kier molecular flexibility index (Phi) is 3.91. The fourth-order valence-corrected chi connectivity index (χ4v) is 5.08. The molecule has 0 saturated carbocycles. The number of carbonyl (C=O) groups excluding carboxylic acids is 1. The molecule has 0 N–H and O–H groups in total. The molecule has 4 rings (SSSR count). The summed E-state index contributed by atoms with van der Waals surface area (Å²) >= 11 is 0. The normalized spacial score (nSPS) is 29.5. The molecular weight excluding hydrogens is 294 g/mol. The molecule has 2 fully saturated rings. The Hall–Kier alpha value is -2.09. The smallest absolute Gasteiger partial charge is 0.223 e. The fraction of sp³-hybridized carbons (Fsp3) is 0.409. The first-order chi connectivity index (χ1) is 11.8. The van der Waals surface area contributed by atoms with Gasteiger partial charge < -0.3 is 4.90 Å². The molecule has 0 radical (unpaired) electrons. The van der Waals surface area contributed by atoms with Crippen molar-refractivity contribution >= 4 is 5.91 Å². The second kappa shape index (κ2) is 6.08. The van der Waals surface area contributed by atoms with Gasteiger partial charge in [-0.15, -0.1) is 0 Å². The minimum Gasteiger partial charge on any atom is -0.333 e. The molecule has 2 aliphatic rings. The Morgan fingerprint density at radius 2 is 1.71 bits per heavy atom. The zero-order valence-electron chi connectivity index (χ0n) is 14.3. The molecule has 1 amide bonds. The van der Waals surface area contributed by atoms with E-state index >= 15 is 0 Å². The maximum absolute atomic E-state index is 13.0. The van der Waals surface area contributed by atoms with Gasteiger partial charge in [0.25, 0.3) is 0 Å². The Morgan fingerprint density at radius 1 is 1.04 bits per heavy atom. The van der Waals surface area contributed by atoms with Crippen LogP contribution < -0.4 is 0 Å². The molecule has 3 atom stereocenters. The highest BCUT2D eigenvalue weighted by Gasteiger charge is 2.54. The molecule has 2 aliphatic heterocycles. The summed E-state index contributed by atoms with van der Waals surface area (Å²) in [5.74, 6) is 1.20. The summed E-state index contributed by atoms with van der Waals surface area (Å²) < 4.78 is 0. The quantitative estimate of drug-likeness (QED) is 0.802. The van der Waals surface area contributed by atoms with Gasteiger partial charge in [0.2, 0.25) is 5.91 Å². The van der Waals surface area contributed by atoms with Crippen molar-refractivity contribution < 1.29 is 4.79 Å². The van der Waals surface area contributed by atoms with Crippen LogP contribution in [0.2, 0.25) is 0 Å². The minimum absolute atomic E-state index is 0.119. The monoisotopic (exact) mass is 319 g/mol. The van der Waals surface area contributed by atoms with Crippen molar-refractivity contribution in [2.75, 3.05) is 6.54 Å². The van der Waals surface area contributed by atoms with Gasteiger partial charge in [0.05, 0.1) is 5.54 Å². The highest BCUT2D eigenvalue weighted by molar-refractivity contribution is 5.80. The summed E-state index contributed by atoms with van der Waals surface area (Å²) in [4.78, 5) is 15.2. The van der Waals surface area contributed by atoms with Crippen LogP contribution in [0.1, 0.15) is 49.7 Å². The zero-order chi connectivity index (χ0) is 16.6. The van der Waals surface area contributed by atoms with Crippen LogP contribution >= 0.6 is 0 Å². The molecule has 124 valence electrons. The molecule has 2 aromatic carbocycles. The van der Waals surface area contributed by atoms with Crippen molar-refractivity contribution in [2.45, 2.75) is 44.1 Å². The van der Waals surface area contributed by atoms with E-state index in [9.17, 15) is 4.79 Å². The number of rotatable bonds is 3. The molecule has 2 saturated heterocycles. The molecule has 2 nitrogen and oxygen atoms in total. The van der Waals surface area contributed by atoms with E-state index in [4.69, 9.17) is 0 Å². The largest absolute Gasteiger partial charge is 0.333 e. The number of benzene rings is 2. The number of fused-ring (bicyclic) bond motifs is 1. The van der Waals surface area contributed by atoms with E-state index in [0.717, 1.165) is 25.8 Å². The van der Waals surface area contributed by atoms with Crippen LogP contribution in [0.5, 0.6) is 0 Å². The standard InChI is InChI=1S/C22H25NO/c1-2-19-13-14-23-21(24)15-18(17-9-5-3-6-10-17)16-22(19,23)20-11-7-4-8-12-20/h3-12,18-19H,2,13-16H2,1H3/t18-,19-,22+/m0/s1. The Balaban J connectivity index is 1.81. The van der Waals surface area contributed by atoms with E-state index in [-0.39, 0.29) is 5.54 Å². The number of nitrogens with zero attached hydrogens (tertiary/aromatic N) is 1. The van der Waals surface area contributed by atoms with Crippen LogP contribution in [0, 0.1) is 5.92 Å². The molecule has 0 aliphatic carbocycles. The van der Waals surface area contributed by atoms with Gasteiger partial charge in [0, 0.05) is 13.0 Å². The van der Waals surface area contributed by atoms with Gasteiger partial charge in [-0.2, -0.15) is 0 Å². The molecule has 0 aromatic heterocycles. The first kappa shape index (κ1) is 15.4. The van der Waals surface area contributed by atoms with Crippen molar-refractivity contribution in [3.63, 3.8) is 0 Å². The maximum atomic E-state index is 13.0. The summed E-state index contributed by atoms with van der Waals surface area (Å²) in [6.07, 6.45) is 3.94. The lowest BCUT2D eigenvalue weighted by Crippen LogP contribution is -2.53. The first-order valence-electron chi connectivity index (χ1n) is 9.16. The van der Waals surface area contributed by atoms with Gasteiger partial charge in [-0.3, -0.25) is 4.79 Å². The third-order valence-electron chi connectivity index (χ3n) is 6.18. The average Bonchev–Trinajstić information content (AvgIpc) is 3.03. The third kappa shape index (κ3) is 2.28. The van der Waals surface area contributed by atoms with Crippen molar-refractivity contribution in [1.29, 1.82) is 0 Å². The number of hydrogen-bond donors (Lipinski definition) is 0. The molecule has 0 bridgehead atoms. The second-order valence-electron chi connectivity index (χ2n) is 7.25. The van der Waals surface area contributed by atoms with Crippen molar-refractivity contribution in [1.82, 2.24) is 4.90 Å². The van der Waals surface area contributed by atoms with Crippen LogP contribution in [0.4, 0.5) is 0 Å². The lowest BCUT2D eigenvalue weighted by atomic mass is 9.68. The van der Waals surface area contributed by atoms with Crippen LogP contribution in [0.15, 0.2) is 60.7 Å². The van der Waals surface area contributed by atoms with Gasteiger partial charge in [-0.05, 0) is 35.8 Å². The fourth-order valence-electron chi connectivity index (χ4n) is 5.08. The van der Waals surface area contributed by atoms with Crippen molar-refractivity contribution in [3.05, 3.63) is 71.8 Å². The molecule has 24 heavy (non-hydrogen) atoms. The maximum Gasteiger partial charge on any atom is 0.223 e. The van der Waals surface area contributed by atoms with E-state index in [0.29, 0.717) is 24.2 Å². The highest BCUT2D eigenvalue weighted by atomic mass is 16.2. The van der Waals surface area contributed by atoms with E-state index in [1.807, 2.05) is 0 Å². The van der Waals surface area contributed by atoms with Gasteiger partial charge in [0.1, 0.15) is 0 Å². The summed E-state index contributed by atoms with van der Waals surface area (Å²) in [6, 6.07) is 21.3. The topological polar surface area (TPSA) is 20.3 Å². The number of carbonyl (C=O) groups is 1. The molecule has 0 unspecified atom stereocenters. The lowest BCUT2D eigenvalue weighted by Gasteiger charge is -2.49. The van der Waals surface area contributed by atoms with Crippen LogP contribution in [-0.4, -0.2) is 17.4 Å². The Labute approximate surface area is 144 Å². The predicted octanol–water partition coefficient (Wildman–Crippen LogP) is 4.72. The number of piperidine rings is 1. The summed E-state index contributed by atoms with van der Waals surface area (Å²) in [5, 5.41) is 0. The Morgan fingerprint density at radius 3 is 2.38 bits per heavy atom. The number of hydrogen-bond acceptors (Lipinski definition) is 1. The molecule has 0 spiro atoms. The van der Waals surface area contributed by atoms with Crippen LogP contribution in [0.25, 0.3) is 0 Å². The van der Waals surface area contributed by atoms with Crippen molar-refractivity contribution in [3.8, 4) is 0 Å². The molecule has 2 aromatic rings. The van der Waals surface area contributed by atoms with Crippen molar-refractivity contribution in [2.24, 2.45) is 5.92 Å². The lowest BCUT2D eigenvalue weighted by molar-refractivity contribution is -0.142. The van der Waals surface area contributed by atoms with Crippen LogP contribution in [0.3, 0.4) is 0 Å². The van der Waals surface area contributed by atoms with Crippen LogP contribution in [-0.2, 0) is 10.3 Å². The first-order valence-corrected chi connectivity index (χ1v) is 9.16. The summed E-state index contributed by atoms with van der Waals surface area (Å²) in [5.41, 5.74) is 2.51. The molecule has 2 heteroatoms. The van der Waals surface area contributed by atoms with E-state index in [1.165, 1.54) is 11.1 Å². The zero-order valence-corrected chi connectivity index (χ0v) is 14.3. The average molecular weight is 319 g/mol. The predicted molar refractivity (Wildman–Crippen MR) is 96.6 cm³/mol. The second-order valence-corrected chi connectivity index (χ2v) is 7.25. The van der Waals surface area contributed by atoms with Gasteiger partial charge in [-0.25, -0.2) is 0 Å². The minimum atomic E-state index is -0.119. The highest BCUT2D eigenvalue weighted by Crippen LogP contribution is 2.54. The number of amides is 1. The molecule has 2 heterocycles. The summed E-state index contributed by atoms with van der Waals surface area (Å²) in [7, 11) is 0. The van der Waals surface area contributed by atoms with E-state index < -0.39 is 0 Å². The molecular formula is C22H25NO. The third-order valence-corrected chi connectivity index (χ3v) is 6.18. The van der Waals surface area contributed by atoms with Gasteiger partial charge >= 0.3 is 0 Å². The van der Waals surface area contributed by atoms with Gasteiger partial charge in [-0.1, -0.05) is 74.0 Å².